The third kappa shape index (κ3) is 12.0. The van der Waals surface area contributed by atoms with Crippen molar-refractivity contribution >= 4 is 0 Å². The maximum Gasteiger partial charge on any atom is -0.00219 e. The minimum Gasteiger partial charge on any atom is -0.307 e. The number of rotatable bonds is 12. The Labute approximate surface area is 104 Å². The molecule has 0 aliphatic rings. The van der Waals surface area contributed by atoms with Crippen molar-refractivity contribution in [3.05, 3.63) is 0 Å². The summed E-state index contributed by atoms with van der Waals surface area (Å²) in [5.74, 6) is 0. The molecule has 0 unspecified atom stereocenters. The molecule has 0 aromatic rings. The largest absolute Gasteiger partial charge is 0.307 e. The lowest BCUT2D eigenvalue weighted by atomic mass is 10.1. The molecule has 0 N–H and O–H groups in total. The first-order valence-electron chi connectivity index (χ1n) is 7.49. The van der Waals surface area contributed by atoms with Crippen LogP contribution in [0.5, 0.6) is 0 Å². The Hall–Kier alpha value is -0.0400. The Morgan fingerprint density at radius 2 is 1.06 bits per heavy atom. The fourth-order valence-corrected chi connectivity index (χ4v) is 2.03. The van der Waals surface area contributed by atoms with Crippen LogP contribution in [0, 0.1) is 0 Å². The second-order valence-corrected chi connectivity index (χ2v) is 5.08. The standard InChI is InChI=1S/C15H33N/c1-4-6-7-8-9-10-11-12-13-14-15-16(3)5-2/h4-15H2,1-3H3. The Morgan fingerprint density at radius 3 is 1.50 bits per heavy atom. The van der Waals surface area contributed by atoms with E-state index in [1.165, 1.54) is 77.3 Å². The molecular weight excluding hydrogens is 194 g/mol. The second kappa shape index (κ2) is 13.0. The van der Waals surface area contributed by atoms with Gasteiger partial charge in [0.25, 0.3) is 0 Å². The average Bonchev–Trinajstić information content (AvgIpc) is 2.31. The van der Waals surface area contributed by atoms with Crippen LogP contribution in [0.2, 0.25) is 0 Å². The first-order chi connectivity index (χ1) is 7.81. The maximum absolute atomic E-state index is 2.41. The van der Waals surface area contributed by atoms with Crippen LogP contribution in [-0.2, 0) is 0 Å². The molecule has 0 aromatic heterocycles. The SMILES string of the molecule is CCCCCCCCCCCCN(C)CC. The van der Waals surface area contributed by atoms with Gasteiger partial charge in [0, 0.05) is 0 Å². The van der Waals surface area contributed by atoms with E-state index >= 15 is 0 Å². The van der Waals surface area contributed by atoms with E-state index in [0.29, 0.717) is 0 Å². The molecule has 0 aromatic carbocycles. The van der Waals surface area contributed by atoms with E-state index in [1.54, 1.807) is 0 Å². The van der Waals surface area contributed by atoms with Gasteiger partial charge >= 0.3 is 0 Å². The van der Waals surface area contributed by atoms with Gasteiger partial charge in [-0.1, -0.05) is 71.6 Å². The van der Waals surface area contributed by atoms with Crippen molar-refractivity contribution in [1.82, 2.24) is 4.90 Å². The first-order valence-corrected chi connectivity index (χ1v) is 7.49. The van der Waals surface area contributed by atoms with Crippen molar-refractivity contribution < 1.29 is 0 Å². The van der Waals surface area contributed by atoms with Crippen molar-refractivity contribution in [2.45, 2.75) is 78.1 Å². The van der Waals surface area contributed by atoms with Crippen LogP contribution in [0.15, 0.2) is 0 Å². The molecule has 0 fully saturated rings. The van der Waals surface area contributed by atoms with Gasteiger partial charge in [-0.3, -0.25) is 0 Å². The first kappa shape index (κ1) is 16.0. The average molecular weight is 227 g/mol. The fraction of sp³-hybridized carbons (Fsp3) is 1.00. The van der Waals surface area contributed by atoms with Gasteiger partial charge in [-0.15, -0.1) is 0 Å². The predicted octanol–water partition coefficient (Wildman–Crippen LogP) is 4.86. The van der Waals surface area contributed by atoms with Crippen LogP contribution >= 0.6 is 0 Å². The summed E-state index contributed by atoms with van der Waals surface area (Å²) in [4.78, 5) is 2.41. The quantitative estimate of drug-likeness (QED) is 0.430. The van der Waals surface area contributed by atoms with Gasteiger partial charge in [-0.2, -0.15) is 0 Å². The van der Waals surface area contributed by atoms with Crippen LogP contribution in [0.4, 0.5) is 0 Å². The van der Waals surface area contributed by atoms with E-state index in [4.69, 9.17) is 0 Å². The molecule has 0 atom stereocenters. The smallest absolute Gasteiger partial charge is 0.00219 e. The summed E-state index contributed by atoms with van der Waals surface area (Å²) in [5.41, 5.74) is 0. The van der Waals surface area contributed by atoms with Crippen LogP contribution in [-0.4, -0.2) is 25.0 Å². The number of hydrogen-bond donors (Lipinski definition) is 0. The number of unbranched alkanes of at least 4 members (excludes halogenated alkanes) is 9. The number of hydrogen-bond acceptors (Lipinski definition) is 1. The van der Waals surface area contributed by atoms with E-state index < -0.39 is 0 Å². The van der Waals surface area contributed by atoms with Crippen LogP contribution < -0.4 is 0 Å². The summed E-state index contributed by atoms with van der Waals surface area (Å²) in [6.45, 7) is 6.99. The molecule has 0 radical (unpaired) electrons. The zero-order valence-corrected chi connectivity index (χ0v) is 11.9. The second-order valence-electron chi connectivity index (χ2n) is 5.08. The Balaban J connectivity index is 2.93. The van der Waals surface area contributed by atoms with Crippen molar-refractivity contribution in [2.75, 3.05) is 20.1 Å². The molecular formula is C15H33N. The molecule has 0 saturated heterocycles. The Kier molecular flexibility index (Phi) is 13.0. The van der Waals surface area contributed by atoms with Gasteiger partial charge in [0.1, 0.15) is 0 Å². The van der Waals surface area contributed by atoms with Gasteiger partial charge in [0.15, 0.2) is 0 Å². The lowest BCUT2D eigenvalue weighted by Crippen LogP contribution is -2.18. The molecule has 0 aliphatic heterocycles. The highest BCUT2D eigenvalue weighted by atomic mass is 15.1. The third-order valence-corrected chi connectivity index (χ3v) is 3.43. The molecule has 0 heterocycles. The van der Waals surface area contributed by atoms with Gasteiger partial charge in [-0.05, 0) is 26.6 Å². The summed E-state index contributed by atoms with van der Waals surface area (Å²) in [5, 5.41) is 0. The maximum atomic E-state index is 2.41. The van der Waals surface area contributed by atoms with Crippen LogP contribution in [0.1, 0.15) is 78.1 Å². The molecule has 0 aliphatic carbocycles. The van der Waals surface area contributed by atoms with E-state index in [1.807, 2.05) is 0 Å². The van der Waals surface area contributed by atoms with E-state index in [0.717, 1.165) is 0 Å². The third-order valence-electron chi connectivity index (χ3n) is 3.43. The lowest BCUT2D eigenvalue weighted by Gasteiger charge is -2.12. The van der Waals surface area contributed by atoms with Crippen molar-refractivity contribution in [3.63, 3.8) is 0 Å². The zero-order valence-electron chi connectivity index (χ0n) is 11.9. The molecule has 16 heavy (non-hydrogen) atoms. The highest BCUT2D eigenvalue weighted by Gasteiger charge is 1.95. The summed E-state index contributed by atoms with van der Waals surface area (Å²) in [6, 6.07) is 0. The topological polar surface area (TPSA) is 3.24 Å². The van der Waals surface area contributed by atoms with E-state index in [9.17, 15) is 0 Å². The van der Waals surface area contributed by atoms with E-state index in [-0.39, 0.29) is 0 Å². The fourth-order valence-electron chi connectivity index (χ4n) is 2.03. The van der Waals surface area contributed by atoms with Gasteiger partial charge in [0.05, 0.1) is 0 Å². The molecule has 0 spiro atoms. The summed E-state index contributed by atoms with van der Waals surface area (Å²) in [6.07, 6.45) is 14.4. The normalized spacial score (nSPS) is 11.2. The molecule has 1 heteroatoms. The monoisotopic (exact) mass is 227 g/mol. The Morgan fingerprint density at radius 1 is 0.625 bits per heavy atom. The molecule has 98 valence electrons. The Bertz CT molecular complexity index is 123. The predicted molar refractivity (Wildman–Crippen MR) is 75.0 cm³/mol. The van der Waals surface area contributed by atoms with Gasteiger partial charge in [0.2, 0.25) is 0 Å². The minimum atomic E-state index is 1.19. The number of nitrogens with zero attached hydrogens (tertiary/aromatic N) is 1. The molecule has 0 bridgehead atoms. The van der Waals surface area contributed by atoms with Gasteiger partial charge < -0.3 is 4.90 Å². The van der Waals surface area contributed by atoms with Crippen molar-refractivity contribution in [3.8, 4) is 0 Å². The van der Waals surface area contributed by atoms with Crippen LogP contribution in [0.3, 0.4) is 0 Å². The molecule has 0 rings (SSSR count). The highest BCUT2D eigenvalue weighted by Crippen LogP contribution is 2.10. The molecule has 1 nitrogen and oxygen atoms in total. The van der Waals surface area contributed by atoms with Crippen molar-refractivity contribution in [2.24, 2.45) is 0 Å². The minimum absolute atomic E-state index is 1.19. The van der Waals surface area contributed by atoms with E-state index in [2.05, 4.69) is 25.8 Å². The lowest BCUT2D eigenvalue weighted by molar-refractivity contribution is 0.340. The summed E-state index contributed by atoms with van der Waals surface area (Å²) >= 11 is 0. The van der Waals surface area contributed by atoms with Crippen molar-refractivity contribution in [1.29, 1.82) is 0 Å². The van der Waals surface area contributed by atoms with Gasteiger partial charge in [-0.25, -0.2) is 0 Å². The summed E-state index contributed by atoms with van der Waals surface area (Å²) in [7, 11) is 2.22. The van der Waals surface area contributed by atoms with Crippen LogP contribution in [0.25, 0.3) is 0 Å². The highest BCUT2D eigenvalue weighted by molar-refractivity contribution is 4.50. The molecule has 0 amide bonds. The molecule has 0 saturated carbocycles. The summed E-state index contributed by atoms with van der Waals surface area (Å²) < 4.78 is 0. The zero-order chi connectivity index (χ0) is 12.1.